The molecule has 112 valence electrons. The van der Waals surface area contributed by atoms with Gasteiger partial charge in [0, 0.05) is 31.3 Å². The van der Waals surface area contributed by atoms with Crippen LogP contribution in [-0.4, -0.2) is 24.9 Å². The average Bonchev–Trinajstić information content (AvgIpc) is 3.14. The fraction of sp³-hybridized carbons (Fsp3) is 0.533. The normalized spacial score (nSPS) is 15.5. The highest BCUT2D eigenvalue weighted by Gasteiger charge is 2.22. The van der Waals surface area contributed by atoms with E-state index in [2.05, 4.69) is 26.6 Å². The number of rotatable bonds is 5. The Balaban J connectivity index is 1.72. The lowest BCUT2D eigenvalue weighted by molar-refractivity contribution is 0.276. The van der Waals surface area contributed by atoms with Gasteiger partial charge in [0.15, 0.2) is 0 Å². The predicted molar refractivity (Wildman–Crippen MR) is 79.7 cm³/mol. The van der Waals surface area contributed by atoms with Crippen LogP contribution in [0.1, 0.15) is 48.6 Å². The van der Waals surface area contributed by atoms with Crippen molar-refractivity contribution in [3.05, 3.63) is 35.5 Å². The second-order valence-corrected chi connectivity index (χ2v) is 5.60. The first-order chi connectivity index (χ1) is 10.3. The van der Waals surface area contributed by atoms with Crippen molar-refractivity contribution in [1.82, 2.24) is 19.7 Å². The van der Waals surface area contributed by atoms with Gasteiger partial charge in [-0.3, -0.25) is 9.67 Å². The maximum absolute atomic E-state index is 9.09. The summed E-state index contributed by atoms with van der Waals surface area (Å²) in [6.45, 7) is 0.589. The minimum atomic E-state index is -0.0945. The average molecular weight is 287 g/mol. The molecule has 6 nitrogen and oxygen atoms in total. The molecule has 0 amide bonds. The van der Waals surface area contributed by atoms with Gasteiger partial charge in [-0.15, -0.1) is 0 Å². The van der Waals surface area contributed by atoms with E-state index in [1.165, 1.54) is 36.9 Å². The fourth-order valence-corrected chi connectivity index (χ4v) is 2.99. The molecular formula is C15H21N5O. The van der Waals surface area contributed by atoms with E-state index in [4.69, 9.17) is 5.11 Å². The van der Waals surface area contributed by atoms with E-state index in [-0.39, 0.29) is 6.61 Å². The number of aryl methyl sites for hydroxylation is 1. The molecule has 21 heavy (non-hydrogen) atoms. The topological polar surface area (TPSA) is 75.9 Å². The first-order valence-electron chi connectivity index (χ1n) is 7.44. The van der Waals surface area contributed by atoms with Crippen LogP contribution in [0.3, 0.4) is 0 Å². The number of aliphatic hydroxyl groups excluding tert-OH is 1. The predicted octanol–water partition coefficient (Wildman–Crippen LogP) is 1.97. The molecule has 1 saturated carbocycles. The quantitative estimate of drug-likeness (QED) is 0.879. The van der Waals surface area contributed by atoms with Crippen molar-refractivity contribution in [2.75, 3.05) is 5.32 Å². The van der Waals surface area contributed by atoms with E-state index in [1.54, 1.807) is 12.4 Å². The van der Waals surface area contributed by atoms with Crippen LogP contribution in [0.25, 0.3) is 0 Å². The smallest absolute Gasteiger partial charge is 0.145 e. The van der Waals surface area contributed by atoms with Crippen molar-refractivity contribution in [2.45, 2.75) is 44.8 Å². The Morgan fingerprint density at radius 1 is 1.33 bits per heavy atom. The highest BCUT2D eigenvalue weighted by molar-refractivity contribution is 5.34. The first kappa shape index (κ1) is 14.0. The van der Waals surface area contributed by atoms with Crippen molar-refractivity contribution < 1.29 is 5.11 Å². The third kappa shape index (κ3) is 3.21. The van der Waals surface area contributed by atoms with Crippen LogP contribution in [0.4, 0.5) is 5.82 Å². The number of hydrogen-bond acceptors (Lipinski definition) is 5. The van der Waals surface area contributed by atoms with Gasteiger partial charge in [0.05, 0.1) is 30.4 Å². The van der Waals surface area contributed by atoms with Crippen molar-refractivity contribution >= 4 is 5.82 Å². The molecule has 0 spiro atoms. The fourth-order valence-electron chi connectivity index (χ4n) is 2.99. The molecular weight excluding hydrogens is 266 g/mol. The monoisotopic (exact) mass is 287 g/mol. The third-order valence-electron chi connectivity index (χ3n) is 3.99. The summed E-state index contributed by atoms with van der Waals surface area (Å²) in [6.07, 6.45) is 10.4. The summed E-state index contributed by atoms with van der Waals surface area (Å²) in [7, 11) is 1.97. The van der Waals surface area contributed by atoms with Crippen molar-refractivity contribution in [3.8, 4) is 0 Å². The van der Waals surface area contributed by atoms with Crippen LogP contribution < -0.4 is 5.32 Å². The molecule has 3 rings (SSSR count). The molecule has 0 atom stereocenters. The van der Waals surface area contributed by atoms with Gasteiger partial charge >= 0.3 is 0 Å². The Bertz CT molecular complexity index is 604. The number of nitrogens with zero attached hydrogens (tertiary/aromatic N) is 4. The number of aliphatic hydroxyl groups is 1. The van der Waals surface area contributed by atoms with Crippen molar-refractivity contribution in [2.24, 2.45) is 7.05 Å². The minimum absolute atomic E-state index is 0.0945. The summed E-state index contributed by atoms with van der Waals surface area (Å²) in [4.78, 5) is 8.36. The SMILES string of the molecule is Cn1cc(CNc2cncc(CO)n2)c(C2CCCC2)n1. The van der Waals surface area contributed by atoms with Gasteiger partial charge in [-0.25, -0.2) is 4.98 Å². The van der Waals surface area contributed by atoms with Gasteiger partial charge in [-0.1, -0.05) is 12.8 Å². The number of hydrogen-bond donors (Lipinski definition) is 2. The lowest BCUT2D eigenvalue weighted by Gasteiger charge is -2.10. The van der Waals surface area contributed by atoms with Gasteiger partial charge in [0.1, 0.15) is 5.82 Å². The van der Waals surface area contributed by atoms with Gasteiger partial charge in [-0.2, -0.15) is 5.10 Å². The summed E-state index contributed by atoms with van der Waals surface area (Å²) in [5, 5.41) is 17.0. The van der Waals surface area contributed by atoms with Gasteiger partial charge in [0.25, 0.3) is 0 Å². The summed E-state index contributed by atoms with van der Waals surface area (Å²) in [5.74, 6) is 1.28. The zero-order chi connectivity index (χ0) is 14.7. The van der Waals surface area contributed by atoms with E-state index in [0.29, 0.717) is 24.0 Å². The molecule has 1 fully saturated rings. The van der Waals surface area contributed by atoms with Crippen LogP contribution in [-0.2, 0) is 20.2 Å². The van der Waals surface area contributed by atoms with Crippen LogP contribution in [0.15, 0.2) is 18.6 Å². The van der Waals surface area contributed by atoms with Crippen molar-refractivity contribution in [3.63, 3.8) is 0 Å². The van der Waals surface area contributed by atoms with E-state index >= 15 is 0 Å². The first-order valence-corrected chi connectivity index (χ1v) is 7.44. The van der Waals surface area contributed by atoms with Gasteiger partial charge in [0.2, 0.25) is 0 Å². The van der Waals surface area contributed by atoms with Crippen molar-refractivity contribution in [1.29, 1.82) is 0 Å². The zero-order valence-corrected chi connectivity index (χ0v) is 12.3. The molecule has 0 radical (unpaired) electrons. The highest BCUT2D eigenvalue weighted by atomic mass is 16.3. The number of aromatic nitrogens is 4. The Morgan fingerprint density at radius 2 is 2.14 bits per heavy atom. The summed E-state index contributed by atoms with van der Waals surface area (Å²) >= 11 is 0. The Hall–Kier alpha value is -1.95. The second kappa shape index (κ2) is 6.22. The molecule has 2 heterocycles. The van der Waals surface area contributed by atoms with E-state index in [0.717, 1.165) is 0 Å². The van der Waals surface area contributed by atoms with E-state index in [9.17, 15) is 0 Å². The Morgan fingerprint density at radius 3 is 2.90 bits per heavy atom. The Labute approximate surface area is 124 Å². The third-order valence-corrected chi connectivity index (χ3v) is 3.99. The highest BCUT2D eigenvalue weighted by Crippen LogP contribution is 2.34. The summed E-state index contributed by atoms with van der Waals surface area (Å²) in [6, 6.07) is 0. The number of nitrogens with one attached hydrogen (secondary N) is 1. The molecule has 1 aliphatic carbocycles. The zero-order valence-electron chi connectivity index (χ0n) is 12.3. The maximum Gasteiger partial charge on any atom is 0.145 e. The molecule has 2 N–H and O–H groups in total. The standard InChI is InChI=1S/C15H21N5O/c1-20-9-12(15(19-20)11-4-2-3-5-11)6-17-14-8-16-7-13(10-21)18-14/h7-9,11,21H,2-6,10H2,1H3,(H,17,18). The molecule has 1 aliphatic rings. The number of anilines is 1. The lowest BCUT2D eigenvalue weighted by atomic mass is 10.0. The van der Waals surface area contributed by atoms with Gasteiger partial charge < -0.3 is 10.4 Å². The maximum atomic E-state index is 9.09. The van der Waals surface area contributed by atoms with E-state index < -0.39 is 0 Å². The largest absolute Gasteiger partial charge is 0.390 e. The molecule has 2 aromatic heterocycles. The Kier molecular flexibility index (Phi) is 4.15. The van der Waals surface area contributed by atoms with Crippen LogP contribution in [0.5, 0.6) is 0 Å². The molecule has 0 saturated heterocycles. The van der Waals surface area contributed by atoms with Crippen LogP contribution in [0.2, 0.25) is 0 Å². The lowest BCUT2D eigenvalue weighted by Crippen LogP contribution is -2.06. The molecule has 6 heteroatoms. The second-order valence-electron chi connectivity index (χ2n) is 5.60. The molecule has 0 unspecified atom stereocenters. The molecule has 0 bridgehead atoms. The molecule has 2 aromatic rings. The minimum Gasteiger partial charge on any atom is -0.390 e. The van der Waals surface area contributed by atoms with Gasteiger partial charge in [-0.05, 0) is 12.8 Å². The summed E-state index contributed by atoms with van der Waals surface area (Å²) in [5.41, 5.74) is 3.01. The van der Waals surface area contributed by atoms with Crippen LogP contribution in [0, 0.1) is 0 Å². The van der Waals surface area contributed by atoms with E-state index in [1.807, 2.05) is 11.7 Å². The van der Waals surface area contributed by atoms with Crippen LogP contribution >= 0.6 is 0 Å². The molecule has 0 aliphatic heterocycles. The molecule has 0 aromatic carbocycles. The summed E-state index contributed by atoms with van der Waals surface area (Å²) < 4.78 is 1.89.